The molecule has 3 saturated heterocycles. The van der Waals surface area contributed by atoms with E-state index in [1.165, 1.54) is 51.5 Å². The first-order valence-electron chi connectivity index (χ1n) is 12.8. The maximum absolute atomic E-state index is 3.65. The Morgan fingerprint density at radius 1 is 0.613 bits per heavy atom. The highest BCUT2D eigenvalue weighted by Crippen LogP contribution is 2.32. The highest BCUT2D eigenvalue weighted by Gasteiger charge is 2.43. The van der Waals surface area contributed by atoms with Crippen molar-refractivity contribution in [2.45, 2.75) is 75.2 Å². The SMILES string of the molecule is CN(C)C1CCC(N(N2CCC(N(C)C)C2)N(C2CCNC2)N(C)C2CCNC2)CC1. The average Bonchev–Trinajstić information content (AvgIpc) is 3.54. The second-order valence-electron chi connectivity index (χ2n) is 10.8. The molecule has 3 aliphatic heterocycles. The Bertz CT molecular complexity index is 538. The van der Waals surface area contributed by atoms with E-state index in [-0.39, 0.29) is 0 Å². The van der Waals surface area contributed by atoms with E-state index in [0.29, 0.717) is 24.2 Å². The van der Waals surface area contributed by atoms with E-state index in [1.54, 1.807) is 0 Å². The first-order valence-corrected chi connectivity index (χ1v) is 12.8. The van der Waals surface area contributed by atoms with E-state index >= 15 is 0 Å². The van der Waals surface area contributed by atoms with Crippen LogP contribution in [0, 0.1) is 0 Å². The van der Waals surface area contributed by atoms with Crippen molar-refractivity contribution >= 4 is 0 Å². The van der Waals surface area contributed by atoms with Gasteiger partial charge in [-0.2, -0.15) is 10.2 Å². The molecule has 0 aromatic rings. The van der Waals surface area contributed by atoms with Crippen LogP contribution < -0.4 is 10.6 Å². The predicted octanol–water partition coefficient (Wildman–Crippen LogP) is 0.500. The molecule has 0 aromatic carbocycles. The third-order valence-corrected chi connectivity index (χ3v) is 8.34. The Balaban J connectivity index is 1.58. The summed E-state index contributed by atoms with van der Waals surface area (Å²) in [6, 6.07) is 3.14. The van der Waals surface area contributed by atoms with Crippen LogP contribution in [0.5, 0.6) is 0 Å². The second-order valence-corrected chi connectivity index (χ2v) is 10.8. The third-order valence-electron chi connectivity index (χ3n) is 8.34. The molecule has 0 bridgehead atoms. The van der Waals surface area contributed by atoms with Crippen molar-refractivity contribution in [3.8, 4) is 0 Å². The van der Waals surface area contributed by atoms with E-state index in [1.807, 2.05) is 0 Å². The molecule has 1 aliphatic carbocycles. The van der Waals surface area contributed by atoms with E-state index in [2.05, 4.69) is 75.9 Å². The molecule has 2 N–H and O–H groups in total. The van der Waals surface area contributed by atoms with Crippen molar-refractivity contribution in [2.24, 2.45) is 0 Å². The van der Waals surface area contributed by atoms with E-state index in [0.717, 1.165) is 38.8 Å². The topological polar surface area (TPSA) is 43.5 Å². The second kappa shape index (κ2) is 10.7. The molecule has 4 rings (SSSR count). The monoisotopic (exact) mass is 436 g/mol. The average molecular weight is 437 g/mol. The van der Waals surface area contributed by atoms with Gasteiger partial charge >= 0.3 is 0 Å². The summed E-state index contributed by atoms with van der Waals surface area (Å²) in [5.74, 6) is 0. The van der Waals surface area contributed by atoms with Gasteiger partial charge in [0.05, 0.1) is 6.04 Å². The van der Waals surface area contributed by atoms with Gasteiger partial charge in [0.2, 0.25) is 0 Å². The van der Waals surface area contributed by atoms with Crippen LogP contribution in [-0.4, -0.2) is 135 Å². The predicted molar refractivity (Wildman–Crippen MR) is 127 cm³/mol. The van der Waals surface area contributed by atoms with Crippen LogP contribution in [0.25, 0.3) is 0 Å². The summed E-state index contributed by atoms with van der Waals surface area (Å²) in [5.41, 5.74) is 0. The molecular weight excluding hydrogens is 388 g/mol. The first kappa shape index (κ1) is 23.8. The molecule has 180 valence electrons. The zero-order valence-corrected chi connectivity index (χ0v) is 20.8. The van der Waals surface area contributed by atoms with E-state index in [9.17, 15) is 0 Å². The number of likely N-dealkylation sites (N-methyl/N-ethyl adjacent to an activating group) is 2. The zero-order chi connectivity index (χ0) is 22.0. The third kappa shape index (κ3) is 5.44. The molecule has 0 radical (unpaired) electrons. The van der Waals surface area contributed by atoms with Crippen LogP contribution in [0.2, 0.25) is 0 Å². The Morgan fingerprint density at radius 3 is 1.71 bits per heavy atom. The van der Waals surface area contributed by atoms with Crippen molar-refractivity contribution in [1.82, 2.24) is 40.7 Å². The first-order chi connectivity index (χ1) is 15.0. The summed E-state index contributed by atoms with van der Waals surface area (Å²) < 4.78 is 0. The van der Waals surface area contributed by atoms with Crippen molar-refractivity contribution in [3.05, 3.63) is 0 Å². The molecular formula is C23H48N8. The molecule has 8 heteroatoms. The van der Waals surface area contributed by atoms with Crippen molar-refractivity contribution in [1.29, 1.82) is 0 Å². The van der Waals surface area contributed by atoms with Gasteiger partial charge in [-0.1, -0.05) is 0 Å². The summed E-state index contributed by atoms with van der Waals surface area (Å²) in [7, 11) is 11.4. The highest BCUT2D eigenvalue weighted by atomic mass is 16.0. The summed E-state index contributed by atoms with van der Waals surface area (Å²) in [4.78, 5) is 4.86. The number of hydrogen-bond acceptors (Lipinski definition) is 8. The normalized spacial score (nSPS) is 35.6. The van der Waals surface area contributed by atoms with Gasteiger partial charge in [-0.3, -0.25) is 0 Å². The van der Waals surface area contributed by atoms with Crippen LogP contribution in [0.15, 0.2) is 0 Å². The van der Waals surface area contributed by atoms with E-state index < -0.39 is 0 Å². The van der Waals surface area contributed by atoms with Gasteiger partial charge in [0.25, 0.3) is 0 Å². The Labute approximate surface area is 190 Å². The fourth-order valence-electron chi connectivity index (χ4n) is 6.20. The Morgan fingerprint density at radius 2 is 1.19 bits per heavy atom. The lowest BCUT2D eigenvalue weighted by atomic mass is 9.90. The lowest BCUT2D eigenvalue weighted by Crippen LogP contribution is -2.67. The van der Waals surface area contributed by atoms with Crippen molar-refractivity contribution in [2.75, 3.05) is 74.5 Å². The number of hydrogen-bond donors (Lipinski definition) is 2. The summed E-state index contributed by atoms with van der Waals surface area (Å²) in [5, 5.41) is 18.1. The van der Waals surface area contributed by atoms with Crippen molar-refractivity contribution in [3.63, 3.8) is 0 Å². The number of hydrazine groups is 3. The molecule has 0 aromatic heterocycles. The van der Waals surface area contributed by atoms with Crippen molar-refractivity contribution < 1.29 is 0 Å². The van der Waals surface area contributed by atoms with Crippen LogP contribution >= 0.6 is 0 Å². The molecule has 3 atom stereocenters. The quantitative estimate of drug-likeness (QED) is 0.534. The fraction of sp³-hybridized carbons (Fsp3) is 1.00. The molecule has 8 nitrogen and oxygen atoms in total. The smallest absolute Gasteiger partial charge is 0.0555 e. The van der Waals surface area contributed by atoms with Gasteiger partial charge in [0, 0.05) is 57.4 Å². The number of nitrogens with zero attached hydrogens (tertiary/aromatic N) is 6. The van der Waals surface area contributed by atoms with Crippen LogP contribution in [0.1, 0.15) is 44.9 Å². The Hall–Kier alpha value is -0.320. The molecule has 0 spiro atoms. The lowest BCUT2D eigenvalue weighted by molar-refractivity contribution is -0.314. The van der Waals surface area contributed by atoms with E-state index in [4.69, 9.17) is 0 Å². The van der Waals surface area contributed by atoms with Gasteiger partial charge < -0.3 is 20.4 Å². The summed E-state index contributed by atoms with van der Waals surface area (Å²) >= 11 is 0. The molecule has 4 aliphatic rings. The minimum absolute atomic E-state index is 0.551. The molecule has 3 unspecified atom stereocenters. The molecule has 3 heterocycles. The van der Waals surface area contributed by atoms with Crippen LogP contribution in [-0.2, 0) is 0 Å². The van der Waals surface area contributed by atoms with Gasteiger partial charge in [-0.15, -0.1) is 0 Å². The van der Waals surface area contributed by atoms with Gasteiger partial charge in [-0.05, 0) is 86.2 Å². The minimum atomic E-state index is 0.551. The lowest BCUT2D eigenvalue weighted by Gasteiger charge is -2.53. The number of nitrogens with one attached hydrogen (secondary N) is 2. The largest absolute Gasteiger partial charge is 0.315 e. The number of rotatable bonds is 8. The van der Waals surface area contributed by atoms with Gasteiger partial charge in [0.1, 0.15) is 0 Å². The van der Waals surface area contributed by atoms with Crippen LogP contribution in [0.3, 0.4) is 0 Å². The van der Waals surface area contributed by atoms with Crippen LogP contribution in [0.4, 0.5) is 0 Å². The standard InChI is InChI=1S/C23H48N8/c1-26(2)19-6-8-20(9-7-19)31(29-15-12-23(18-29)27(3)4)30(22-11-14-25-17-22)28(5)21-10-13-24-16-21/h19-25H,6-18H2,1-5H3. The summed E-state index contributed by atoms with van der Waals surface area (Å²) in [6.45, 7) is 6.80. The Kier molecular flexibility index (Phi) is 8.25. The molecule has 4 fully saturated rings. The van der Waals surface area contributed by atoms with Gasteiger partial charge in [0.15, 0.2) is 0 Å². The molecule has 31 heavy (non-hydrogen) atoms. The molecule has 0 amide bonds. The summed E-state index contributed by atoms with van der Waals surface area (Å²) in [6.07, 6.45) is 8.95. The van der Waals surface area contributed by atoms with Gasteiger partial charge in [-0.25, -0.2) is 10.0 Å². The fourth-order valence-corrected chi connectivity index (χ4v) is 6.20. The highest BCUT2D eigenvalue weighted by molar-refractivity contribution is 4.89. The maximum Gasteiger partial charge on any atom is 0.0555 e. The zero-order valence-electron chi connectivity index (χ0n) is 20.8. The molecule has 1 saturated carbocycles. The minimum Gasteiger partial charge on any atom is -0.315 e. The maximum atomic E-state index is 3.65.